The highest BCUT2D eigenvalue weighted by Crippen LogP contribution is 2.12. The average molecular weight is 386 g/mol. The Kier molecular flexibility index (Phi) is 6.90. The molecule has 0 atom stereocenters. The van der Waals surface area contributed by atoms with Crippen molar-refractivity contribution in [3.05, 3.63) is 81.8 Å². The van der Waals surface area contributed by atoms with E-state index in [0.717, 1.165) is 6.42 Å². The predicted octanol–water partition coefficient (Wildman–Crippen LogP) is 2.41. The number of aromatic nitrogens is 4. The van der Waals surface area contributed by atoms with Crippen LogP contribution in [0.4, 0.5) is 5.95 Å². The molecule has 27 heavy (non-hydrogen) atoms. The number of nitrogens with zero attached hydrogens (tertiary/aromatic N) is 4. The van der Waals surface area contributed by atoms with Gasteiger partial charge in [0.1, 0.15) is 6.33 Å². The topological polar surface area (TPSA) is 81.9 Å². The second-order valence-electron chi connectivity index (χ2n) is 5.80. The summed E-state index contributed by atoms with van der Waals surface area (Å²) < 4.78 is 6.94. The zero-order valence-corrected chi connectivity index (χ0v) is 15.5. The molecular formula is C19H20ClN5O2. The maximum Gasteiger partial charge on any atom is 0.352 e. The molecule has 2 aromatic heterocycles. The van der Waals surface area contributed by atoms with E-state index >= 15 is 0 Å². The Bertz CT molecular complexity index is 917. The molecule has 2 heterocycles. The highest BCUT2D eigenvalue weighted by molar-refractivity contribution is 6.31. The number of halogens is 1. The highest BCUT2D eigenvalue weighted by atomic mass is 35.5. The van der Waals surface area contributed by atoms with Gasteiger partial charge in [-0.15, -0.1) is 0 Å². The first-order valence-electron chi connectivity index (χ1n) is 8.61. The quantitative estimate of drug-likeness (QED) is 0.569. The summed E-state index contributed by atoms with van der Waals surface area (Å²) in [5, 5.41) is 3.48. The SMILES string of the molecule is O=c1nc(NCCOCCc2ccccc2)ncn1Cc1ncccc1Cl. The van der Waals surface area contributed by atoms with Gasteiger partial charge in [-0.2, -0.15) is 4.98 Å². The first-order chi connectivity index (χ1) is 13.2. The molecule has 0 aliphatic carbocycles. The molecule has 3 rings (SSSR count). The molecule has 0 saturated carbocycles. The van der Waals surface area contributed by atoms with Gasteiger partial charge in [-0.05, 0) is 24.1 Å². The number of hydrogen-bond acceptors (Lipinski definition) is 6. The summed E-state index contributed by atoms with van der Waals surface area (Å²) in [4.78, 5) is 24.3. The number of anilines is 1. The molecular weight excluding hydrogens is 366 g/mol. The Morgan fingerprint density at radius 3 is 2.70 bits per heavy atom. The van der Waals surface area contributed by atoms with Crippen molar-refractivity contribution in [2.75, 3.05) is 25.1 Å². The van der Waals surface area contributed by atoms with Crippen LogP contribution in [0.3, 0.4) is 0 Å². The largest absolute Gasteiger partial charge is 0.379 e. The fourth-order valence-electron chi connectivity index (χ4n) is 2.42. The molecule has 0 amide bonds. The van der Waals surface area contributed by atoms with Crippen LogP contribution in [0, 0.1) is 0 Å². The van der Waals surface area contributed by atoms with Crippen molar-refractivity contribution in [1.82, 2.24) is 19.5 Å². The van der Waals surface area contributed by atoms with Crippen molar-refractivity contribution in [3.8, 4) is 0 Å². The summed E-state index contributed by atoms with van der Waals surface area (Å²) in [5.74, 6) is 0.273. The van der Waals surface area contributed by atoms with Crippen LogP contribution in [0.1, 0.15) is 11.3 Å². The van der Waals surface area contributed by atoms with E-state index in [2.05, 4.69) is 32.4 Å². The van der Waals surface area contributed by atoms with Crippen molar-refractivity contribution >= 4 is 17.5 Å². The molecule has 1 aromatic carbocycles. The summed E-state index contributed by atoms with van der Waals surface area (Å²) in [6, 6.07) is 13.6. The highest BCUT2D eigenvalue weighted by Gasteiger charge is 2.06. The summed E-state index contributed by atoms with van der Waals surface area (Å²) in [7, 11) is 0. The molecule has 1 N–H and O–H groups in total. The van der Waals surface area contributed by atoms with Crippen LogP contribution < -0.4 is 11.0 Å². The minimum absolute atomic E-state index is 0.224. The summed E-state index contributed by atoms with van der Waals surface area (Å²) in [5.41, 5.74) is 1.42. The predicted molar refractivity (Wildman–Crippen MR) is 104 cm³/mol. The van der Waals surface area contributed by atoms with Crippen molar-refractivity contribution in [1.29, 1.82) is 0 Å². The van der Waals surface area contributed by atoms with Crippen LogP contribution in [-0.4, -0.2) is 39.3 Å². The standard InChI is InChI=1S/C19H20ClN5O2/c20-16-7-4-9-21-17(16)13-25-14-23-18(24-19(25)26)22-10-12-27-11-8-15-5-2-1-3-6-15/h1-7,9,14H,8,10-13H2,(H,22,24,26). The van der Waals surface area contributed by atoms with Crippen molar-refractivity contribution in [2.45, 2.75) is 13.0 Å². The molecule has 0 aliphatic rings. The number of pyridine rings is 1. The average Bonchev–Trinajstić information content (AvgIpc) is 2.69. The van der Waals surface area contributed by atoms with Crippen molar-refractivity contribution < 1.29 is 4.74 Å². The lowest BCUT2D eigenvalue weighted by molar-refractivity contribution is 0.147. The minimum atomic E-state index is -0.417. The van der Waals surface area contributed by atoms with Gasteiger partial charge in [-0.1, -0.05) is 41.9 Å². The Hall–Kier alpha value is -2.77. The third kappa shape index (κ3) is 5.87. The zero-order valence-electron chi connectivity index (χ0n) is 14.7. The Morgan fingerprint density at radius 1 is 1.07 bits per heavy atom. The van der Waals surface area contributed by atoms with E-state index in [1.54, 1.807) is 18.3 Å². The van der Waals surface area contributed by atoms with Crippen LogP contribution in [0.2, 0.25) is 5.02 Å². The lowest BCUT2D eigenvalue weighted by Gasteiger charge is -2.08. The van der Waals surface area contributed by atoms with E-state index in [0.29, 0.717) is 30.5 Å². The molecule has 0 spiro atoms. The van der Waals surface area contributed by atoms with Gasteiger partial charge in [0.05, 0.1) is 30.5 Å². The van der Waals surface area contributed by atoms with Gasteiger partial charge in [0.25, 0.3) is 0 Å². The molecule has 0 unspecified atom stereocenters. The van der Waals surface area contributed by atoms with E-state index in [1.807, 2.05) is 18.2 Å². The van der Waals surface area contributed by atoms with E-state index in [9.17, 15) is 4.79 Å². The smallest absolute Gasteiger partial charge is 0.352 e. The third-order valence-electron chi connectivity index (χ3n) is 3.83. The second-order valence-corrected chi connectivity index (χ2v) is 6.20. The summed E-state index contributed by atoms with van der Waals surface area (Å²) >= 11 is 6.06. The van der Waals surface area contributed by atoms with Crippen LogP contribution >= 0.6 is 11.6 Å². The van der Waals surface area contributed by atoms with E-state index in [1.165, 1.54) is 16.5 Å². The van der Waals surface area contributed by atoms with Gasteiger partial charge in [0.15, 0.2) is 0 Å². The van der Waals surface area contributed by atoms with E-state index in [4.69, 9.17) is 16.3 Å². The molecule has 7 nitrogen and oxygen atoms in total. The number of benzene rings is 1. The van der Waals surface area contributed by atoms with Crippen LogP contribution in [0.25, 0.3) is 0 Å². The fraction of sp³-hybridized carbons (Fsp3) is 0.263. The fourth-order valence-corrected chi connectivity index (χ4v) is 2.60. The number of ether oxygens (including phenoxy) is 1. The third-order valence-corrected chi connectivity index (χ3v) is 4.17. The van der Waals surface area contributed by atoms with E-state index < -0.39 is 5.69 Å². The minimum Gasteiger partial charge on any atom is -0.379 e. The number of rotatable bonds is 9. The molecule has 0 radical (unpaired) electrons. The van der Waals surface area contributed by atoms with Crippen LogP contribution in [-0.2, 0) is 17.7 Å². The van der Waals surface area contributed by atoms with Gasteiger partial charge in [0.2, 0.25) is 5.95 Å². The lowest BCUT2D eigenvalue weighted by atomic mass is 10.2. The molecule has 3 aromatic rings. The summed E-state index contributed by atoms with van der Waals surface area (Å²) in [6.45, 7) is 1.88. The number of nitrogens with one attached hydrogen (secondary N) is 1. The normalized spacial score (nSPS) is 10.7. The molecule has 8 heteroatoms. The maximum absolute atomic E-state index is 12.1. The molecule has 0 fully saturated rings. The zero-order chi connectivity index (χ0) is 18.9. The first kappa shape index (κ1) is 19.0. The molecule has 140 valence electrons. The van der Waals surface area contributed by atoms with Gasteiger partial charge >= 0.3 is 5.69 Å². The van der Waals surface area contributed by atoms with Gasteiger partial charge in [0, 0.05) is 12.7 Å². The monoisotopic (exact) mass is 385 g/mol. The van der Waals surface area contributed by atoms with Crippen molar-refractivity contribution in [3.63, 3.8) is 0 Å². The van der Waals surface area contributed by atoms with Gasteiger partial charge < -0.3 is 10.1 Å². The van der Waals surface area contributed by atoms with Gasteiger partial charge in [-0.3, -0.25) is 9.55 Å². The summed E-state index contributed by atoms with van der Waals surface area (Å²) in [6.07, 6.45) is 3.92. The number of hydrogen-bond donors (Lipinski definition) is 1. The van der Waals surface area contributed by atoms with Gasteiger partial charge in [-0.25, -0.2) is 9.78 Å². The lowest BCUT2D eigenvalue weighted by Crippen LogP contribution is -2.26. The maximum atomic E-state index is 12.1. The Morgan fingerprint density at radius 2 is 1.93 bits per heavy atom. The Labute approximate surface area is 162 Å². The molecule has 0 saturated heterocycles. The Balaban J connectivity index is 1.43. The van der Waals surface area contributed by atoms with Crippen LogP contribution in [0.5, 0.6) is 0 Å². The van der Waals surface area contributed by atoms with Crippen molar-refractivity contribution in [2.24, 2.45) is 0 Å². The van der Waals surface area contributed by atoms with E-state index in [-0.39, 0.29) is 12.5 Å². The molecule has 0 bridgehead atoms. The van der Waals surface area contributed by atoms with Crippen LogP contribution in [0.15, 0.2) is 59.8 Å². The second kappa shape index (κ2) is 9.80. The molecule has 0 aliphatic heterocycles. The first-order valence-corrected chi connectivity index (χ1v) is 8.98.